The number of hydrogen-bond donors (Lipinski definition) is 0. The quantitative estimate of drug-likeness (QED) is 0.186. The van der Waals surface area contributed by atoms with E-state index in [2.05, 4.69) is 183 Å². The summed E-state index contributed by atoms with van der Waals surface area (Å²) < 4.78 is 2.53. The van der Waals surface area contributed by atoms with E-state index in [4.69, 9.17) is 0 Å². The van der Waals surface area contributed by atoms with E-state index < -0.39 is 0 Å². The van der Waals surface area contributed by atoms with Crippen molar-refractivity contribution >= 4 is 76.7 Å². The number of aryl methyl sites for hydroxylation is 4. The Morgan fingerprint density at radius 1 is 0.400 bits per heavy atom. The van der Waals surface area contributed by atoms with E-state index in [1.54, 1.807) is 0 Å². The van der Waals surface area contributed by atoms with Crippen LogP contribution in [0.15, 0.2) is 146 Å². The Morgan fingerprint density at radius 3 is 1.70 bits per heavy atom. The molecule has 0 radical (unpaired) electrons. The minimum absolute atomic E-state index is 1.16. The smallest absolute Gasteiger partial charge is 0.0620 e. The van der Waals surface area contributed by atoms with Gasteiger partial charge in [-0.2, -0.15) is 0 Å². The van der Waals surface area contributed by atoms with E-state index in [9.17, 15) is 0 Å². The van der Waals surface area contributed by atoms with Gasteiger partial charge in [-0.1, -0.05) is 84.4 Å². The third-order valence-corrected chi connectivity index (χ3v) is 10.6. The molecular formula is C48H36N2. The van der Waals surface area contributed by atoms with Crippen LogP contribution in [-0.4, -0.2) is 4.40 Å². The van der Waals surface area contributed by atoms with Gasteiger partial charge in [0.1, 0.15) is 0 Å². The van der Waals surface area contributed by atoms with Crippen molar-refractivity contribution in [3.63, 3.8) is 0 Å². The summed E-state index contributed by atoms with van der Waals surface area (Å²) in [6.07, 6.45) is 0. The molecule has 8 aromatic carbocycles. The lowest BCUT2D eigenvalue weighted by Gasteiger charge is -2.28. The highest BCUT2D eigenvalue weighted by Gasteiger charge is 2.21. The molecule has 2 nitrogen and oxygen atoms in total. The number of nitrogens with zero attached hydrogens (tertiary/aromatic N) is 2. The molecule has 2 heteroatoms. The van der Waals surface area contributed by atoms with Gasteiger partial charge in [0.05, 0.1) is 16.6 Å². The van der Waals surface area contributed by atoms with Crippen molar-refractivity contribution in [1.29, 1.82) is 0 Å². The molecular weight excluding hydrogens is 605 g/mol. The molecule has 0 atom stereocenters. The van der Waals surface area contributed by atoms with Crippen molar-refractivity contribution in [2.45, 2.75) is 27.7 Å². The van der Waals surface area contributed by atoms with Crippen molar-refractivity contribution in [2.24, 2.45) is 0 Å². The minimum Gasteiger partial charge on any atom is -0.310 e. The molecule has 0 saturated carbocycles. The highest BCUT2D eigenvalue weighted by molar-refractivity contribution is 6.27. The average Bonchev–Trinajstić information content (AvgIpc) is 3.61. The summed E-state index contributed by atoms with van der Waals surface area (Å²) in [6, 6.07) is 54.5. The van der Waals surface area contributed by atoms with Crippen LogP contribution in [-0.2, 0) is 0 Å². The maximum atomic E-state index is 2.53. The van der Waals surface area contributed by atoms with Gasteiger partial charge in [0.25, 0.3) is 0 Å². The first-order valence-corrected chi connectivity index (χ1v) is 17.5. The van der Waals surface area contributed by atoms with Crippen LogP contribution in [0.3, 0.4) is 0 Å². The molecule has 2 aromatic heterocycles. The average molecular weight is 641 g/mol. The van der Waals surface area contributed by atoms with E-state index >= 15 is 0 Å². The standard InChI is InChI=1S/C48H36N2/c1-29-14-15-34-23-41-43-25-38(33-11-6-5-7-12-33)26-44-42-24-35-16-17-39(22-37(35)28-47(42)50(48(43)44)46(41)27-36(34)19-29)49(45-13-9-8-10-32(45)4)40-20-30(2)18-31(3)21-40/h5-28H,1-4H3. The monoisotopic (exact) mass is 640 g/mol. The normalized spacial score (nSPS) is 12.0. The zero-order chi connectivity index (χ0) is 33.7. The van der Waals surface area contributed by atoms with Crippen LogP contribution in [0.2, 0.25) is 0 Å². The maximum Gasteiger partial charge on any atom is 0.0620 e. The van der Waals surface area contributed by atoms with E-state index in [0.717, 1.165) is 5.69 Å². The Kier molecular flexibility index (Phi) is 6.17. The van der Waals surface area contributed by atoms with E-state index in [-0.39, 0.29) is 0 Å². The Morgan fingerprint density at radius 2 is 1.02 bits per heavy atom. The van der Waals surface area contributed by atoms with Gasteiger partial charge in [-0.25, -0.2) is 0 Å². The number of rotatable bonds is 4. The highest BCUT2D eigenvalue weighted by atomic mass is 15.1. The fourth-order valence-corrected chi connectivity index (χ4v) is 8.39. The fourth-order valence-electron chi connectivity index (χ4n) is 8.39. The number of anilines is 3. The highest BCUT2D eigenvalue weighted by Crippen LogP contribution is 2.45. The molecule has 0 fully saturated rings. The molecule has 10 rings (SSSR count). The van der Waals surface area contributed by atoms with Crippen molar-refractivity contribution in [1.82, 2.24) is 4.40 Å². The SMILES string of the molecule is Cc1cc(C)cc(N(c2ccc3cc4c5cc(-c6ccccc6)cc6c7cc8ccc(C)cc8cc7n(c4cc3c2)c65)c2ccccc2C)c1. The molecule has 10 aromatic rings. The Bertz CT molecular complexity index is 2940. The van der Waals surface area contributed by atoms with Crippen molar-refractivity contribution in [3.05, 3.63) is 168 Å². The fraction of sp³-hybridized carbons (Fsp3) is 0.0833. The van der Waals surface area contributed by atoms with Crippen LogP contribution >= 0.6 is 0 Å². The van der Waals surface area contributed by atoms with Crippen molar-refractivity contribution in [2.75, 3.05) is 4.90 Å². The number of hydrogen-bond acceptors (Lipinski definition) is 1. The van der Waals surface area contributed by atoms with Crippen molar-refractivity contribution < 1.29 is 0 Å². The van der Waals surface area contributed by atoms with Gasteiger partial charge in [0.15, 0.2) is 0 Å². The summed E-state index contributed by atoms with van der Waals surface area (Å²) in [7, 11) is 0. The summed E-state index contributed by atoms with van der Waals surface area (Å²) in [5.41, 5.74) is 14.9. The van der Waals surface area contributed by atoms with Crippen LogP contribution in [0.4, 0.5) is 17.1 Å². The molecule has 0 aliphatic carbocycles. The summed E-state index contributed by atoms with van der Waals surface area (Å²) in [5.74, 6) is 0. The van der Waals surface area contributed by atoms with Crippen molar-refractivity contribution in [3.8, 4) is 11.1 Å². The second kappa shape index (κ2) is 10.7. The third kappa shape index (κ3) is 4.35. The van der Waals surface area contributed by atoms with Gasteiger partial charge in [0.2, 0.25) is 0 Å². The molecule has 2 heterocycles. The third-order valence-electron chi connectivity index (χ3n) is 10.6. The molecule has 238 valence electrons. The molecule has 0 aliphatic rings. The molecule has 0 saturated heterocycles. The molecule has 0 amide bonds. The first-order chi connectivity index (χ1) is 24.4. The first-order valence-electron chi connectivity index (χ1n) is 17.5. The number of fused-ring (bicyclic) bond motifs is 8. The first kappa shape index (κ1) is 28.9. The number of benzene rings is 8. The Labute approximate surface area is 291 Å². The lowest BCUT2D eigenvalue weighted by molar-refractivity contribution is 1.23. The minimum atomic E-state index is 1.16. The molecule has 0 bridgehead atoms. The molecule has 0 spiro atoms. The largest absolute Gasteiger partial charge is 0.310 e. The molecule has 0 N–H and O–H groups in total. The summed E-state index contributed by atoms with van der Waals surface area (Å²) >= 11 is 0. The van der Waals surface area contributed by atoms with Crippen LogP contribution in [0.5, 0.6) is 0 Å². The lowest BCUT2D eigenvalue weighted by Crippen LogP contribution is -2.11. The summed E-state index contributed by atoms with van der Waals surface area (Å²) in [6.45, 7) is 8.75. The van der Waals surface area contributed by atoms with E-state index in [1.165, 1.54) is 104 Å². The summed E-state index contributed by atoms with van der Waals surface area (Å²) in [4.78, 5) is 2.42. The topological polar surface area (TPSA) is 7.65 Å². The number of aromatic nitrogens is 1. The van der Waals surface area contributed by atoms with Gasteiger partial charge in [-0.05, 0) is 144 Å². The molecule has 50 heavy (non-hydrogen) atoms. The number of para-hydroxylation sites is 1. The maximum absolute atomic E-state index is 2.53. The predicted octanol–water partition coefficient (Wildman–Crippen LogP) is 13.5. The van der Waals surface area contributed by atoms with Gasteiger partial charge >= 0.3 is 0 Å². The van der Waals surface area contributed by atoms with E-state index in [0.29, 0.717) is 0 Å². The van der Waals surface area contributed by atoms with E-state index in [1.807, 2.05) is 0 Å². The zero-order valence-corrected chi connectivity index (χ0v) is 28.8. The Hall–Kier alpha value is -6.12. The zero-order valence-electron chi connectivity index (χ0n) is 28.8. The van der Waals surface area contributed by atoms with Gasteiger partial charge in [-0.15, -0.1) is 0 Å². The second-order valence-electron chi connectivity index (χ2n) is 14.2. The summed E-state index contributed by atoms with van der Waals surface area (Å²) in [5, 5.41) is 10.2. The van der Waals surface area contributed by atoms with Gasteiger partial charge in [0, 0.05) is 38.6 Å². The second-order valence-corrected chi connectivity index (χ2v) is 14.2. The lowest BCUT2D eigenvalue weighted by atomic mass is 9.97. The van der Waals surface area contributed by atoms with Crippen LogP contribution in [0, 0.1) is 27.7 Å². The predicted molar refractivity (Wildman–Crippen MR) is 215 cm³/mol. The van der Waals surface area contributed by atoms with Crippen LogP contribution in [0.25, 0.3) is 70.8 Å². The Balaban J connectivity index is 1.29. The molecule has 0 unspecified atom stereocenters. The van der Waals surface area contributed by atoms with Crippen LogP contribution < -0.4 is 4.90 Å². The molecule has 0 aliphatic heterocycles. The van der Waals surface area contributed by atoms with Gasteiger partial charge in [-0.3, -0.25) is 0 Å². The van der Waals surface area contributed by atoms with Crippen LogP contribution in [0.1, 0.15) is 22.3 Å². The van der Waals surface area contributed by atoms with Gasteiger partial charge < -0.3 is 9.30 Å².